The molecule has 0 unspecified atom stereocenters. The minimum Gasteiger partial charge on any atom is -0.386 e. The van der Waals surface area contributed by atoms with Crippen molar-refractivity contribution in [3.8, 4) is 0 Å². The van der Waals surface area contributed by atoms with Crippen LogP contribution in [0.5, 0.6) is 0 Å². The molecule has 8 nitrogen and oxygen atoms in total. The number of morpholine rings is 1. The van der Waals surface area contributed by atoms with Crippen molar-refractivity contribution in [2.75, 3.05) is 36.5 Å². The molecule has 3 rings (SSSR count). The Kier molecular flexibility index (Phi) is 8.60. The lowest BCUT2D eigenvalue weighted by Gasteiger charge is -2.30. The minimum absolute atomic E-state index is 0.0488. The van der Waals surface area contributed by atoms with Gasteiger partial charge in [0.1, 0.15) is 0 Å². The van der Waals surface area contributed by atoms with Gasteiger partial charge in [0.25, 0.3) is 10.0 Å². The zero-order chi connectivity index (χ0) is 26.8. The number of aliphatic hydroxyl groups is 1. The highest BCUT2D eigenvalue weighted by molar-refractivity contribution is 7.90. The molecule has 0 aromatic heterocycles. The summed E-state index contributed by atoms with van der Waals surface area (Å²) >= 11 is 6.31. The number of hydrogen-bond donors (Lipinski definition) is 3. The van der Waals surface area contributed by atoms with E-state index in [0.29, 0.717) is 48.3 Å². The van der Waals surface area contributed by atoms with Gasteiger partial charge in [-0.1, -0.05) is 39.3 Å². The highest BCUT2D eigenvalue weighted by atomic mass is 35.5. The Hall–Kier alpha value is -2.33. The first-order valence-electron chi connectivity index (χ1n) is 12.1. The van der Waals surface area contributed by atoms with Gasteiger partial charge >= 0.3 is 6.03 Å². The summed E-state index contributed by atoms with van der Waals surface area (Å²) < 4.78 is 34.2. The van der Waals surface area contributed by atoms with Crippen LogP contribution in [-0.4, -0.2) is 45.9 Å². The van der Waals surface area contributed by atoms with Gasteiger partial charge in [0.05, 0.1) is 23.7 Å². The predicted octanol–water partition coefficient (Wildman–Crippen LogP) is 5.16. The number of halogens is 1. The number of ether oxygens (including phenoxy) is 1. The van der Waals surface area contributed by atoms with Crippen LogP contribution in [0.3, 0.4) is 0 Å². The predicted molar refractivity (Wildman–Crippen MR) is 144 cm³/mol. The number of hydrogen-bond acceptors (Lipinski definition) is 6. The van der Waals surface area contributed by atoms with Crippen molar-refractivity contribution in [2.45, 2.75) is 63.9 Å². The zero-order valence-electron chi connectivity index (χ0n) is 21.7. The Morgan fingerprint density at radius 2 is 1.58 bits per heavy atom. The Balaban J connectivity index is 1.96. The fraction of sp³-hybridized carbons (Fsp3) is 0.500. The summed E-state index contributed by atoms with van der Waals surface area (Å²) in [6.07, 6.45) is 0. The maximum absolute atomic E-state index is 13.3. The second kappa shape index (κ2) is 11.0. The number of carbonyl (C=O) groups is 1. The minimum atomic E-state index is -4.26. The third kappa shape index (κ3) is 6.70. The van der Waals surface area contributed by atoms with Gasteiger partial charge in [0.2, 0.25) is 0 Å². The van der Waals surface area contributed by atoms with E-state index in [0.717, 1.165) is 11.1 Å². The molecule has 2 aromatic carbocycles. The van der Waals surface area contributed by atoms with E-state index in [-0.39, 0.29) is 16.7 Å². The number of nitrogens with one attached hydrogen (secondary N) is 2. The van der Waals surface area contributed by atoms with Crippen LogP contribution in [0.1, 0.15) is 70.1 Å². The molecule has 2 aromatic rings. The summed E-state index contributed by atoms with van der Waals surface area (Å²) in [4.78, 5) is 14.9. The molecule has 1 aliphatic rings. The summed E-state index contributed by atoms with van der Waals surface area (Å²) in [7, 11) is -4.26. The van der Waals surface area contributed by atoms with Crippen molar-refractivity contribution >= 4 is 39.0 Å². The number of carbonyl (C=O) groups excluding carboxylic acids is 1. The molecule has 0 radical (unpaired) electrons. The number of anilines is 2. The number of benzene rings is 2. The van der Waals surface area contributed by atoms with Crippen molar-refractivity contribution < 1.29 is 23.1 Å². The first-order valence-corrected chi connectivity index (χ1v) is 13.9. The lowest BCUT2D eigenvalue weighted by Crippen LogP contribution is -2.37. The van der Waals surface area contributed by atoms with E-state index in [1.165, 1.54) is 12.1 Å². The van der Waals surface area contributed by atoms with Crippen molar-refractivity contribution in [1.29, 1.82) is 0 Å². The molecule has 1 aliphatic heterocycles. The zero-order valence-corrected chi connectivity index (χ0v) is 23.3. The molecular weight excluding hydrogens is 502 g/mol. The maximum atomic E-state index is 13.3. The Morgan fingerprint density at radius 1 is 1.03 bits per heavy atom. The average Bonchev–Trinajstić information content (AvgIpc) is 2.79. The van der Waals surface area contributed by atoms with Crippen LogP contribution in [0, 0.1) is 0 Å². The summed E-state index contributed by atoms with van der Waals surface area (Å²) in [5.74, 6) is 0.0975. The van der Waals surface area contributed by atoms with Crippen LogP contribution >= 0.6 is 11.6 Å². The molecule has 0 atom stereocenters. The van der Waals surface area contributed by atoms with Crippen molar-refractivity contribution in [3.05, 3.63) is 52.0 Å². The van der Waals surface area contributed by atoms with Crippen LogP contribution in [0.25, 0.3) is 0 Å². The molecule has 0 spiro atoms. The first-order chi connectivity index (χ1) is 16.7. The number of rotatable bonds is 7. The largest absolute Gasteiger partial charge is 0.386 e. The molecular formula is C26H36ClN3O5S. The SMILES string of the molecule is CC(C)c1cc(Cl)cc(C(C)C)c1NC(=O)NS(=O)(=O)c1cc(N2CCOCC2)cc(C(C)(C)O)c1. The molecule has 0 saturated carbocycles. The fourth-order valence-corrected chi connectivity index (χ4v) is 5.33. The van der Waals surface area contributed by atoms with Gasteiger partial charge in [-0.15, -0.1) is 0 Å². The third-order valence-corrected chi connectivity index (χ3v) is 7.69. The van der Waals surface area contributed by atoms with E-state index >= 15 is 0 Å². The molecule has 2 amide bonds. The van der Waals surface area contributed by atoms with Crippen LogP contribution in [0.2, 0.25) is 5.02 Å². The highest BCUT2D eigenvalue weighted by Crippen LogP contribution is 2.36. The molecule has 3 N–H and O–H groups in total. The Labute approximate surface area is 219 Å². The molecule has 0 bridgehead atoms. The highest BCUT2D eigenvalue weighted by Gasteiger charge is 2.26. The normalized spacial score (nSPS) is 14.9. The van der Waals surface area contributed by atoms with Crippen molar-refractivity contribution in [2.24, 2.45) is 0 Å². The molecule has 36 heavy (non-hydrogen) atoms. The third-order valence-electron chi connectivity index (χ3n) is 6.16. The van der Waals surface area contributed by atoms with E-state index in [9.17, 15) is 18.3 Å². The second-order valence-electron chi connectivity index (χ2n) is 10.2. The quantitative estimate of drug-likeness (QED) is 0.450. The topological polar surface area (TPSA) is 108 Å². The lowest BCUT2D eigenvalue weighted by molar-refractivity contribution is 0.0783. The van der Waals surface area contributed by atoms with E-state index in [2.05, 4.69) is 10.0 Å². The van der Waals surface area contributed by atoms with Gasteiger partial charge in [0, 0.05) is 29.5 Å². The van der Waals surface area contributed by atoms with Gasteiger partial charge in [0.15, 0.2) is 0 Å². The number of sulfonamides is 1. The summed E-state index contributed by atoms with van der Waals surface area (Å²) in [5, 5.41) is 13.9. The van der Waals surface area contributed by atoms with Crippen molar-refractivity contribution in [3.63, 3.8) is 0 Å². The number of amides is 2. The summed E-state index contributed by atoms with van der Waals surface area (Å²) in [5.41, 5.74) is 1.97. The van der Waals surface area contributed by atoms with E-state index in [4.69, 9.17) is 16.3 Å². The first kappa shape index (κ1) is 28.2. The summed E-state index contributed by atoms with van der Waals surface area (Å²) in [6, 6.07) is 7.36. The van der Waals surface area contributed by atoms with Crippen LogP contribution in [0.4, 0.5) is 16.2 Å². The fourth-order valence-electron chi connectivity index (χ4n) is 4.12. The monoisotopic (exact) mass is 537 g/mol. The molecule has 1 heterocycles. The lowest BCUT2D eigenvalue weighted by atomic mass is 9.92. The molecule has 0 aliphatic carbocycles. The molecule has 1 saturated heterocycles. The Morgan fingerprint density at radius 3 is 2.08 bits per heavy atom. The van der Waals surface area contributed by atoms with Crippen LogP contribution < -0.4 is 14.9 Å². The van der Waals surface area contributed by atoms with E-state index in [1.807, 2.05) is 32.6 Å². The van der Waals surface area contributed by atoms with Gasteiger partial charge in [-0.2, -0.15) is 0 Å². The molecule has 1 fully saturated rings. The van der Waals surface area contributed by atoms with Crippen LogP contribution in [0.15, 0.2) is 35.2 Å². The van der Waals surface area contributed by atoms with Gasteiger partial charge in [-0.25, -0.2) is 17.9 Å². The smallest absolute Gasteiger partial charge is 0.333 e. The molecule has 198 valence electrons. The standard InChI is InChI=1S/C26H36ClN3O5S/c1-16(2)22-13-19(27)14-23(17(3)4)24(22)28-25(31)29-36(33,34)21-12-18(26(5,6)32)11-20(15-21)30-7-9-35-10-8-30/h11-17,32H,7-10H2,1-6H3,(H2,28,29,31). The van der Waals surface area contributed by atoms with Crippen molar-refractivity contribution in [1.82, 2.24) is 4.72 Å². The average molecular weight is 538 g/mol. The summed E-state index contributed by atoms with van der Waals surface area (Å²) in [6.45, 7) is 13.3. The van der Waals surface area contributed by atoms with Gasteiger partial charge in [-0.05, 0) is 72.7 Å². The molecule has 10 heteroatoms. The van der Waals surface area contributed by atoms with Gasteiger partial charge < -0.3 is 20.1 Å². The van der Waals surface area contributed by atoms with Crippen LogP contribution in [-0.2, 0) is 20.4 Å². The maximum Gasteiger partial charge on any atom is 0.333 e. The van der Waals surface area contributed by atoms with E-state index < -0.39 is 21.7 Å². The number of nitrogens with zero attached hydrogens (tertiary/aromatic N) is 1. The Bertz CT molecular complexity index is 1190. The number of urea groups is 1. The van der Waals surface area contributed by atoms with Gasteiger partial charge in [-0.3, -0.25) is 0 Å². The second-order valence-corrected chi connectivity index (χ2v) is 12.3. The van der Waals surface area contributed by atoms with E-state index in [1.54, 1.807) is 32.0 Å².